The lowest BCUT2D eigenvalue weighted by molar-refractivity contribution is -0.138. The molecule has 1 unspecified atom stereocenters. The van der Waals surface area contributed by atoms with Gasteiger partial charge in [-0.25, -0.2) is 4.79 Å². The predicted octanol–water partition coefficient (Wildman–Crippen LogP) is 2.09. The van der Waals surface area contributed by atoms with Gasteiger partial charge in [0.25, 0.3) is 0 Å². The van der Waals surface area contributed by atoms with E-state index in [-0.39, 0.29) is 12.0 Å². The van der Waals surface area contributed by atoms with Gasteiger partial charge in [0.15, 0.2) is 0 Å². The van der Waals surface area contributed by atoms with Gasteiger partial charge >= 0.3 is 5.97 Å². The second-order valence-corrected chi connectivity index (χ2v) is 6.26. The van der Waals surface area contributed by atoms with Crippen LogP contribution in [0.4, 0.5) is 0 Å². The van der Waals surface area contributed by atoms with Gasteiger partial charge in [0.2, 0.25) is 0 Å². The summed E-state index contributed by atoms with van der Waals surface area (Å²) >= 11 is -1.10. The highest BCUT2D eigenvalue weighted by molar-refractivity contribution is 7.88. The maximum Gasteiger partial charge on any atom is 0.335 e. The summed E-state index contributed by atoms with van der Waals surface area (Å²) in [4.78, 5) is 12.0. The Labute approximate surface area is 129 Å². The molecule has 4 nitrogen and oxygen atoms in total. The Balaban J connectivity index is 2.06. The molecule has 0 aliphatic carbocycles. The first-order valence-corrected chi connectivity index (χ1v) is 8.66. The van der Waals surface area contributed by atoms with Crippen LogP contribution in [0.25, 0.3) is 0 Å². The topological polar surface area (TPSA) is 52.6 Å². The largest absolute Gasteiger partial charge is 0.598 e. The lowest BCUT2D eigenvalue weighted by atomic mass is 10.0. The first-order valence-electron chi connectivity index (χ1n) is 7.14. The van der Waals surface area contributed by atoms with E-state index in [9.17, 15) is 9.35 Å². The van der Waals surface area contributed by atoms with Crippen LogP contribution in [-0.2, 0) is 27.3 Å². The molecule has 0 saturated carbocycles. The maximum atomic E-state index is 12.0. The summed E-state index contributed by atoms with van der Waals surface area (Å²) in [5.74, 6) is -0.288. The molecule has 0 bridgehead atoms. The minimum atomic E-state index is -1.10. The lowest BCUT2D eigenvalue weighted by Crippen LogP contribution is -2.38. The number of hydrogen-bond acceptors (Lipinski definition) is 4. The molecule has 1 heterocycles. The van der Waals surface area contributed by atoms with E-state index >= 15 is 0 Å². The molecule has 1 aromatic carbocycles. The van der Waals surface area contributed by atoms with E-state index < -0.39 is 11.4 Å². The van der Waals surface area contributed by atoms with Crippen LogP contribution in [-0.4, -0.2) is 40.3 Å². The van der Waals surface area contributed by atoms with Crippen LogP contribution in [0.3, 0.4) is 0 Å². The number of aryl methyl sites for hydroxylation is 1. The second kappa shape index (κ2) is 7.64. The van der Waals surface area contributed by atoms with Crippen molar-refractivity contribution in [3.8, 4) is 0 Å². The average molecular weight is 307 g/mol. The molecule has 0 N–H and O–H groups in total. The van der Waals surface area contributed by atoms with E-state index in [4.69, 9.17) is 4.74 Å². The fraction of sp³-hybridized carbons (Fsp3) is 0.438. The van der Waals surface area contributed by atoms with Crippen molar-refractivity contribution >= 4 is 17.3 Å². The van der Waals surface area contributed by atoms with Crippen molar-refractivity contribution in [3.63, 3.8) is 0 Å². The molecular formula is C16H21NO3S. The molecule has 5 heteroatoms. The van der Waals surface area contributed by atoms with E-state index in [0.717, 1.165) is 12.8 Å². The normalized spacial score (nSPS) is 20.1. The van der Waals surface area contributed by atoms with Gasteiger partial charge < -0.3 is 9.29 Å². The number of benzene rings is 1. The Morgan fingerprint density at radius 2 is 2.14 bits per heavy atom. The minimum absolute atomic E-state index is 0.130. The van der Waals surface area contributed by atoms with E-state index in [1.807, 2.05) is 28.6 Å². The van der Waals surface area contributed by atoms with Gasteiger partial charge in [-0.15, -0.1) is 4.31 Å². The standard InChI is InChI=1S/C16H21NO3S/c1-3-20-16(18)14-11-12-17(21(2)19)15(14)10-9-13-7-5-4-6-8-13/h4-8,11,15H,3,9-10,12H2,1-2H3/t15-,21?/m1/s1. The third kappa shape index (κ3) is 4.09. The lowest BCUT2D eigenvalue weighted by Gasteiger charge is -2.25. The summed E-state index contributed by atoms with van der Waals surface area (Å²) in [5.41, 5.74) is 1.86. The van der Waals surface area contributed by atoms with Crippen molar-refractivity contribution in [2.45, 2.75) is 25.8 Å². The molecule has 0 aromatic heterocycles. The van der Waals surface area contributed by atoms with Gasteiger partial charge in [-0.05, 0) is 25.3 Å². The predicted molar refractivity (Wildman–Crippen MR) is 84.0 cm³/mol. The van der Waals surface area contributed by atoms with E-state index in [1.165, 1.54) is 5.56 Å². The van der Waals surface area contributed by atoms with Gasteiger partial charge in [-0.2, -0.15) is 0 Å². The first kappa shape index (κ1) is 16.1. The van der Waals surface area contributed by atoms with Crippen molar-refractivity contribution in [2.75, 3.05) is 19.4 Å². The zero-order chi connectivity index (χ0) is 15.2. The Hall–Kier alpha value is -1.30. The van der Waals surface area contributed by atoms with Crippen LogP contribution in [0.1, 0.15) is 18.9 Å². The molecule has 2 atom stereocenters. The minimum Gasteiger partial charge on any atom is -0.598 e. The van der Waals surface area contributed by atoms with Gasteiger partial charge in [-0.1, -0.05) is 36.4 Å². The van der Waals surface area contributed by atoms with Crippen LogP contribution in [0, 0.1) is 0 Å². The molecule has 2 rings (SSSR count). The second-order valence-electron chi connectivity index (χ2n) is 4.94. The summed E-state index contributed by atoms with van der Waals surface area (Å²) in [5, 5.41) is 0. The third-order valence-corrected chi connectivity index (χ3v) is 4.65. The number of nitrogens with zero attached hydrogens (tertiary/aromatic N) is 1. The maximum absolute atomic E-state index is 12.0. The van der Waals surface area contributed by atoms with Crippen molar-refractivity contribution in [2.24, 2.45) is 0 Å². The summed E-state index contributed by atoms with van der Waals surface area (Å²) in [6.45, 7) is 2.69. The summed E-state index contributed by atoms with van der Waals surface area (Å²) < 4.78 is 18.8. The number of carbonyl (C=O) groups excluding carboxylic acids is 1. The summed E-state index contributed by atoms with van der Waals surface area (Å²) in [7, 11) is 0. The fourth-order valence-electron chi connectivity index (χ4n) is 2.57. The Bertz CT molecular complexity index is 502. The molecule has 1 aliphatic rings. The first-order chi connectivity index (χ1) is 10.1. The van der Waals surface area contributed by atoms with Crippen LogP contribution < -0.4 is 0 Å². The van der Waals surface area contributed by atoms with Gasteiger partial charge in [0.1, 0.15) is 6.26 Å². The van der Waals surface area contributed by atoms with Crippen LogP contribution >= 0.6 is 0 Å². The van der Waals surface area contributed by atoms with Crippen molar-refractivity contribution in [1.82, 2.24) is 4.31 Å². The van der Waals surface area contributed by atoms with E-state index in [0.29, 0.717) is 18.7 Å². The number of rotatable bonds is 6. The van der Waals surface area contributed by atoms with Crippen LogP contribution in [0.5, 0.6) is 0 Å². The SMILES string of the molecule is CCOC(=O)C1=CCN([S+](C)[O-])[C@@H]1CCc1ccccc1. The molecule has 0 amide bonds. The zero-order valence-corrected chi connectivity index (χ0v) is 13.3. The molecule has 0 radical (unpaired) electrons. The van der Waals surface area contributed by atoms with Gasteiger partial charge in [0.05, 0.1) is 24.8 Å². The average Bonchev–Trinajstić information content (AvgIpc) is 2.90. The quantitative estimate of drug-likeness (QED) is 0.596. The highest BCUT2D eigenvalue weighted by atomic mass is 32.2. The molecule has 0 saturated heterocycles. The molecule has 21 heavy (non-hydrogen) atoms. The summed E-state index contributed by atoms with van der Waals surface area (Å²) in [6, 6.07) is 9.99. The Kier molecular flexibility index (Phi) is 5.85. The van der Waals surface area contributed by atoms with E-state index in [2.05, 4.69) is 12.1 Å². The van der Waals surface area contributed by atoms with Crippen LogP contribution in [0.2, 0.25) is 0 Å². The monoisotopic (exact) mass is 307 g/mol. The molecule has 0 spiro atoms. The van der Waals surface area contributed by atoms with Crippen LogP contribution in [0.15, 0.2) is 42.0 Å². The number of ether oxygens (including phenoxy) is 1. The molecule has 114 valence electrons. The van der Waals surface area contributed by atoms with Crippen molar-refractivity contribution in [3.05, 3.63) is 47.5 Å². The third-order valence-electron chi connectivity index (χ3n) is 3.59. The zero-order valence-electron chi connectivity index (χ0n) is 12.5. The van der Waals surface area contributed by atoms with Gasteiger partial charge in [-0.3, -0.25) is 0 Å². The summed E-state index contributed by atoms with van der Waals surface area (Å²) in [6.07, 6.45) is 5.09. The van der Waals surface area contributed by atoms with Gasteiger partial charge in [0, 0.05) is 11.4 Å². The fourth-order valence-corrected chi connectivity index (χ4v) is 3.43. The Morgan fingerprint density at radius 1 is 1.43 bits per heavy atom. The Morgan fingerprint density at radius 3 is 2.76 bits per heavy atom. The highest BCUT2D eigenvalue weighted by Gasteiger charge is 2.37. The number of esters is 1. The van der Waals surface area contributed by atoms with Crippen molar-refractivity contribution in [1.29, 1.82) is 0 Å². The number of hydrogen-bond donors (Lipinski definition) is 0. The smallest absolute Gasteiger partial charge is 0.335 e. The highest BCUT2D eigenvalue weighted by Crippen LogP contribution is 2.26. The molecule has 1 aromatic rings. The molecule has 1 aliphatic heterocycles. The molecular weight excluding hydrogens is 286 g/mol. The van der Waals surface area contributed by atoms with Crippen molar-refractivity contribution < 1.29 is 14.1 Å². The van der Waals surface area contributed by atoms with E-state index in [1.54, 1.807) is 13.2 Å². The molecule has 0 fully saturated rings. The number of carbonyl (C=O) groups is 1.